The SMILES string of the molecule is O=C(O)C(NCCc1ccc(F)cc1)c1ccc(F)cc1. The number of halogens is 2. The summed E-state index contributed by atoms with van der Waals surface area (Å²) in [5, 5.41) is 12.1. The summed E-state index contributed by atoms with van der Waals surface area (Å²) in [6.07, 6.45) is 0.575. The average Bonchev–Trinajstić information content (AvgIpc) is 2.46. The van der Waals surface area contributed by atoms with Gasteiger partial charge < -0.3 is 10.4 Å². The van der Waals surface area contributed by atoms with E-state index in [4.69, 9.17) is 0 Å². The van der Waals surface area contributed by atoms with E-state index >= 15 is 0 Å². The third-order valence-corrected chi connectivity index (χ3v) is 3.13. The molecule has 110 valence electrons. The van der Waals surface area contributed by atoms with Crippen LogP contribution in [0.15, 0.2) is 48.5 Å². The van der Waals surface area contributed by atoms with Gasteiger partial charge in [0.1, 0.15) is 17.7 Å². The summed E-state index contributed by atoms with van der Waals surface area (Å²) in [6.45, 7) is 0.417. The number of aliphatic carboxylic acids is 1. The standard InChI is InChI=1S/C16H15F2NO2/c17-13-5-1-11(2-6-13)9-10-19-15(16(20)21)12-3-7-14(18)8-4-12/h1-8,15,19H,9-10H2,(H,20,21). The highest BCUT2D eigenvalue weighted by Crippen LogP contribution is 2.14. The number of carbonyl (C=O) groups is 1. The van der Waals surface area contributed by atoms with Gasteiger partial charge in [0, 0.05) is 6.54 Å². The molecule has 5 heteroatoms. The fourth-order valence-corrected chi connectivity index (χ4v) is 2.01. The van der Waals surface area contributed by atoms with Crippen molar-refractivity contribution >= 4 is 5.97 Å². The van der Waals surface area contributed by atoms with Crippen LogP contribution in [0.2, 0.25) is 0 Å². The first-order valence-corrected chi connectivity index (χ1v) is 6.52. The quantitative estimate of drug-likeness (QED) is 0.860. The van der Waals surface area contributed by atoms with Gasteiger partial charge >= 0.3 is 5.97 Å². The van der Waals surface area contributed by atoms with E-state index in [1.807, 2.05) is 0 Å². The molecule has 0 heterocycles. The van der Waals surface area contributed by atoms with E-state index in [1.165, 1.54) is 36.4 Å². The van der Waals surface area contributed by atoms with Gasteiger partial charge in [0.25, 0.3) is 0 Å². The van der Waals surface area contributed by atoms with Gasteiger partial charge in [-0.05, 0) is 41.8 Å². The van der Waals surface area contributed by atoms with Crippen molar-refractivity contribution in [3.05, 3.63) is 71.3 Å². The number of carboxylic acid groups (broad SMARTS) is 1. The van der Waals surface area contributed by atoms with Crippen molar-refractivity contribution in [1.82, 2.24) is 5.32 Å². The first-order valence-electron chi connectivity index (χ1n) is 6.52. The number of hydrogen-bond donors (Lipinski definition) is 2. The van der Waals surface area contributed by atoms with E-state index in [0.717, 1.165) is 5.56 Å². The largest absolute Gasteiger partial charge is 0.480 e. The maximum atomic E-state index is 12.9. The molecule has 2 N–H and O–H groups in total. The van der Waals surface area contributed by atoms with Gasteiger partial charge in [-0.1, -0.05) is 24.3 Å². The number of hydrogen-bond acceptors (Lipinski definition) is 2. The molecule has 0 amide bonds. The summed E-state index contributed by atoms with van der Waals surface area (Å²) in [6, 6.07) is 10.5. The van der Waals surface area contributed by atoms with Crippen molar-refractivity contribution in [3.63, 3.8) is 0 Å². The number of nitrogens with one attached hydrogen (secondary N) is 1. The molecule has 0 fully saturated rings. The van der Waals surface area contributed by atoms with Gasteiger partial charge in [0.05, 0.1) is 0 Å². The molecule has 0 aromatic heterocycles. The highest BCUT2D eigenvalue weighted by molar-refractivity contribution is 5.75. The van der Waals surface area contributed by atoms with Crippen molar-refractivity contribution in [2.45, 2.75) is 12.5 Å². The lowest BCUT2D eigenvalue weighted by atomic mass is 10.1. The van der Waals surface area contributed by atoms with Crippen LogP contribution in [0, 0.1) is 11.6 Å². The monoisotopic (exact) mass is 291 g/mol. The topological polar surface area (TPSA) is 49.3 Å². The Labute approximate surface area is 121 Å². The Bertz CT molecular complexity index is 597. The van der Waals surface area contributed by atoms with Crippen LogP contribution in [0.4, 0.5) is 8.78 Å². The third-order valence-electron chi connectivity index (χ3n) is 3.13. The smallest absolute Gasteiger partial charge is 0.325 e. The van der Waals surface area contributed by atoms with Crippen molar-refractivity contribution in [2.24, 2.45) is 0 Å². The molecule has 1 atom stereocenters. The van der Waals surface area contributed by atoms with Gasteiger partial charge in [-0.2, -0.15) is 0 Å². The number of rotatable bonds is 6. The minimum absolute atomic E-state index is 0.304. The molecule has 0 aliphatic rings. The molecule has 0 aliphatic carbocycles. The van der Waals surface area contributed by atoms with Crippen LogP contribution >= 0.6 is 0 Å². The van der Waals surface area contributed by atoms with E-state index in [0.29, 0.717) is 18.5 Å². The maximum Gasteiger partial charge on any atom is 0.325 e. The van der Waals surface area contributed by atoms with E-state index < -0.39 is 17.8 Å². The lowest BCUT2D eigenvalue weighted by Crippen LogP contribution is -2.30. The Hall–Kier alpha value is -2.27. The molecule has 0 bridgehead atoms. The summed E-state index contributed by atoms with van der Waals surface area (Å²) in [5.74, 6) is -1.74. The minimum atomic E-state index is -1.03. The van der Waals surface area contributed by atoms with E-state index in [2.05, 4.69) is 5.32 Å². The minimum Gasteiger partial charge on any atom is -0.480 e. The molecule has 2 aromatic rings. The maximum absolute atomic E-state index is 12.9. The third kappa shape index (κ3) is 4.36. The Morgan fingerprint density at radius 3 is 2.05 bits per heavy atom. The second kappa shape index (κ2) is 6.95. The molecule has 0 saturated heterocycles. The zero-order valence-corrected chi connectivity index (χ0v) is 11.2. The molecule has 0 radical (unpaired) electrons. The highest BCUT2D eigenvalue weighted by atomic mass is 19.1. The fourth-order valence-electron chi connectivity index (χ4n) is 2.01. The normalized spacial score (nSPS) is 12.1. The summed E-state index contributed by atoms with van der Waals surface area (Å²) in [4.78, 5) is 11.3. The van der Waals surface area contributed by atoms with Crippen molar-refractivity contribution in [3.8, 4) is 0 Å². The summed E-state index contributed by atoms with van der Waals surface area (Å²) >= 11 is 0. The molecule has 21 heavy (non-hydrogen) atoms. The van der Waals surface area contributed by atoms with Crippen LogP contribution in [0.25, 0.3) is 0 Å². The van der Waals surface area contributed by atoms with E-state index in [1.54, 1.807) is 12.1 Å². The average molecular weight is 291 g/mol. The van der Waals surface area contributed by atoms with Crippen LogP contribution in [0.5, 0.6) is 0 Å². The molecule has 2 rings (SSSR count). The second-order valence-electron chi connectivity index (χ2n) is 4.65. The molecular weight excluding hydrogens is 276 g/mol. The van der Waals surface area contributed by atoms with Crippen LogP contribution in [-0.4, -0.2) is 17.6 Å². The fraction of sp³-hybridized carbons (Fsp3) is 0.188. The van der Waals surface area contributed by atoms with Crippen molar-refractivity contribution < 1.29 is 18.7 Å². The Morgan fingerprint density at radius 2 is 1.52 bits per heavy atom. The van der Waals surface area contributed by atoms with E-state index in [-0.39, 0.29) is 5.82 Å². The van der Waals surface area contributed by atoms with Gasteiger partial charge in [0.2, 0.25) is 0 Å². The predicted molar refractivity (Wildman–Crippen MR) is 74.9 cm³/mol. The molecule has 0 aliphatic heterocycles. The molecule has 1 unspecified atom stereocenters. The highest BCUT2D eigenvalue weighted by Gasteiger charge is 2.18. The van der Waals surface area contributed by atoms with Gasteiger partial charge in [0.15, 0.2) is 0 Å². The number of benzene rings is 2. The zero-order chi connectivity index (χ0) is 15.2. The summed E-state index contributed by atoms with van der Waals surface area (Å²) in [7, 11) is 0. The van der Waals surface area contributed by atoms with Crippen LogP contribution in [0.3, 0.4) is 0 Å². The van der Waals surface area contributed by atoms with E-state index in [9.17, 15) is 18.7 Å². The lowest BCUT2D eigenvalue weighted by molar-refractivity contribution is -0.139. The van der Waals surface area contributed by atoms with Crippen LogP contribution < -0.4 is 5.32 Å². The van der Waals surface area contributed by atoms with Crippen molar-refractivity contribution in [1.29, 1.82) is 0 Å². The Balaban J connectivity index is 1.96. The molecule has 0 saturated carbocycles. The number of carboxylic acids is 1. The Morgan fingerprint density at radius 1 is 1.00 bits per heavy atom. The summed E-state index contributed by atoms with van der Waals surface area (Å²) < 4.78 is 25.6. The van der Waals surface area contributed by atoms with Crippen molar-refractivity contribution in [2.75, 3.05) is 6.54 Å². The molecule has 3 nitrogen and oxygen atoms in total. The van der Waals surface area contributed by atoms with Gasteiger partial charge in [-0.15, -0.1) is 0 Å². The summed E-state index contributed by atoms with van der Waals surface area (Å²) in [5.41, 5.74) is 1.40. The Kier molecular flexibility index (Phi) is 5.00. The molecule has 0 spiro atoms. The first-order chi connectivity index (χ1) is 10.1. The van der Waals surface area contributed by atoms with Gasteiger partial charge in [-0.3, -0.25) is 4.79 Å². The van der Waals surface area contributed by atoms with Gasteiger partial charge in [-0.25, -0.2) is 8.78 Å². The van der Waals surface area contributed by atoms with Crippen LogP contribution in [-0.2, 0) is 11.2 Å². The van der Waals surface area contributed by atoms with Crippen LogP contribution in [0.1, 0.15) is 17.2 Å². The lowest BCUT2D eigenvalue weighted by Gasteiger charge is -2.15. The second-order valence-corrected chi connectivity index (χ2v) is 4.65. The molecule has 2 aromatic carbocycles. The zero-order valence-electron chi connectivity index (χ0n) is 11.2. The first kappa shape index (κ1) is 15.1. The molecular formula is C16H15F2NO2. The predicted octanol–water partition coefficient (Wildman–Crippen LogP) is 2.92.